The molecule has 1 N–H and O–H groups in total. The highest BCUT2D eigenvalue weighted by molar-refractivity contribution is 5.94. The smallest absolute Gasteiger partial charge is 0.343 e. The van der Waals surface area contributed by atoms with Crippen molar-refractivity contribution in [1.82, 2.24) is 14.8 Å². The maximum absolute atomic E-state index is 12.3. The first-order chi connectivity index (χ1) is 11.7. The molecule has 3 aromatic rings. The first-order valence-electron chi connectivity index (χ1n) is 8.03. The van der Waals surface area contributed by atoms with Gasteiger partial charge in [0.25, 0.3) is 5.56 Å². The van der Waals surface area contributed by atoms with E-state index < -0.39 is 11.5 Å². The molecule has 0 atom stereocenters. The van der Waals surface area contributed by atoms with Crippen molar-refractivity contribution in [2.24, 2.45) is 0 Å². The summed E-state index contributed by atoms with van der Waals surface area (Å²) in [5, 5.41) is 5.40. The fourth-order valence-electron chi connectivity index (χ4n) is 2.67. The quantitative estimate of drug-likeness (QED) is 0.732. The number of carbonyl (C=O) groups excluding carboxylic acids is 1. The van der Waals surface area contributed by atoms with Crippen LogP contribution in [0.4, 0.5) is 0 Å². The Labute approximate surface area is 139 Å². The first kappa shape index (κ1) is 16.0. The van der Waals surface area contributed by atoms with Crippen LogP contribution in [-0.4, -0.2) is 27.3 Å². The van der Waals surface area contributed by atoms with Crippen LogP contribution < -0.4 is 5.56 Å². The summed E-state index contributed by atoms with van der Waals surface area (Å²) in [6.07, 6.45) is 1.67. The average Bonchev–Trinajstić information content (AvgIpc) is 2.93. The number of hydrogen-bond acceptors (Lipinski definition) is 4. The molecule has 0 amide bonds. The number of aromatic nitrogens is 3. The lowest BCUT2D eigenvalue weighted by Gasteiger charge is -2.04. The molecule has 6 nitrogen and oxygen atoms in total. The summed E-state index contributed by atoms with van der Waals surface area (Å²) in [6, 6.07) is 11.2. The van der Waals surface area contributed by atoms with Gasteiger partial charge in [0.2, 0.25) is 0 Å². The Bertz CT molecular complexity index is 926. The summed E-state index contributed by atoms with van der Waals surface area (Å²) in [4.78, 5) is 27.1. The first-order valence-corrected chi connectivity index (χ1v) is 8.03. The molecule has 0 unspecified atom stereocenters. The molecule has 0 fully saturated rings. The van der Waals surface area contributed by atoms with Crippen LogP contribution in [0.3, 0.4) is 0 Å². The molecule has 0 saturated heterocycles. The van der Waals surface area contributed by atoms with E-state index in [4.69, 9.17) is 4.74 Å². The Morgan fingerprint density at radius 3 is 2.67 bits per heavy atom. The number of nitrogens with one attached hydrogen (secondary N) is 1. The van der Waals surface area contributed by atoms with E-state index in [9.17, 15) is 9.59 Å². The topological polar surface area (TPSA) is 77.0 Å². The molecule has 0 bridgehead atoms. The highest BCUT2D eigenvalue weighted by atomic mass is 16.5. The number of benzene rings is 1. The lowest BCUT2D eigenvalue weighted by atomic mass is 10.1. The molecule has 2 aromatic heterocycles. The van der Waals surface area contributed by atoms with Crippen molar-refractivity contribution in [3.05, 3.63) is 58.0 Å². The zero-order chi connectivity index (χ0) is 17.1. The van der Waals surface area contributed by atoms with Crippen molar-refractivity contribution in [3.8, 4) is 5.69 Å². The van der Waals surface area contributed by atoms with Crippen LogP contribution in [0.15, 0.2) is 41.2 Å². The van der Waals surface area contributed by atoms with Crippen LogP contribution in [-0.2, 0) is 11.2 Å². The summed E-state index contributed by atoms with van der Waals surface area (Å²) >= 11 is 0. The van der Waals surface area contributed by atoms with E-state index in [0.29, 0.717) is 5.65 Å². The van der Waals surface area contributed by atoms with E-state index in [1.54, 1.807) is 17.7 Å². The molecule has 0 aliphatic rings. The monoisotopic (exact) mass is 325 g/mol. The number of hydrogen-bond donors (Lipinski definition) is 1. The SMILES string of the molecule is CCCc1nn(-c2ccccc2)c2[nH]c(=O)c(C(=O)OCC)cc12. The largest absolute Gasteiger partial charge is 0.462 e. The fourth-order valence-corrected chi connectivity index (χ4v) is 2.67. The van der Waals surface area contributed by atoms with Crippen molar-refractivity contribution in [1.29, 1.82) is 0 Å². The van der Waals surface area contributed by atoms with Crippen LogP contribution in [0.5, 0.6) is 0 Å². The van der Waals surface area contributed by atoms with Crippen LogP contribution in [0.2, 0.25) is 0 Å². The lowest BCUT2D eigenvalue weighted by molar-refractivity contribution is 0.0524. The van der Waals surface area contributed by atoms with E-state index in [2.05, 4.69) is 17.0 Å². The number of carbonyl (C=O) groups is 1. The average molecular weight is 325 g/mol. The molecule has 0 aliphatic carbocycles. The summed E-state index contributed by atoms with van der Waals surface area (Å²) in [5.41, 5.74) is 1.82. The van der Waals surface area contributed by atoms with Crippen molar-refractivity contribution < 1.29 is 9.53 Å². The minimum absolute atomic E-state index is 0.00862. The van der Waals surface area contributed by atoms with Gasteiger partial charge in [-0.05, 0) is 31.5 Å². The van der Waals surface area contributed by atoms with Gasteiger partial charge in [0, 0.05) is 5.39 Å². The number of esters is 1. The van der Waals surface area contributed by atoms with E-state index >= 15 is 0 Å². The number of pyridine rings is 1. The highest BCUT2D eigenvalue weighted by Gasteiger charge is 2.18. The number of para-hydroxylation sites is 1. The van der Waals surface area contributed by atoms with E-state index in [-0.39, 0.29) is 12.2 Å². The van der Waals surface area contributed by atoms with Crippen molar-refractivity contribution in [2.45, 2.75) is 26.7 Å². The number of fused-ring (bicyclic) bond motifs is 1. The van der Waals surface area contributed by atoms with Crippen LogP contribution >= 0.6 is 0 Å². The number of rotatable bonds is 5. The molecule has 0 radical (unpaired) electrons. The predicted octanol–water partition coefficient (Wildman–Crippen LogP) is 2.84. The van der Waals surface area contributed by atoms with Gasteiger partial charge in [-0.3, -0.25) is 4.79 Å². The van der Waals surface area contributed by atoms with Crippen molar-refractivity contribution in [2.75, 3.05) is 6.61 Å². The maximum Gasteiger partial charge on any atom is 0.343 e. The summed E-state index contributed by atoms with van der Waals surface area (Å²) < 4.78 is 6.67. The Hall–Kier alpha value is -2.89. The van der Waals surface area contributed by atoms with Gasteiger partial charge in [0.05, 0.1) is 18.0 Å². The number of aromatic amines is 1. The van der Waals surface area contributed by atoms with Crippen molar-refractivity contribution >= 4 is 17.0 Å². The second-order valence-corrected chi connectivity index (χ2v) is 5.44. The van der Waals surface area contributed by atoms with Gasteiger partial charge in [0.15, 0.2) is 0 Å². The zero-order valence-corrected chi connectivity index (χ0v) is 13.7. The van der Waals surface area contributed by atoms with Gasteiger partial charge in [-0.25, -0.2) is 9.48 Å². The Balaban J connectivity index is 2.24. The molecule has 124 valence electrons. The minimum Gasteiger partial charge on any atom is -0.462 e. The Morgan fingerprint density at radius 2 is 2.00 bits per heavy atom. The Kier molecular flexibility index (Phi) is 4.46. The molecule has 0 saturated carbocycles. The van der Waals surface area contributed by atoms with Gasteiger partial charge in [-0.15, -0.1) is 0 Å². The maximum atomic E-state index is 12.3. The lowest BCUT2D eigenvalue weighted by Crippen LogP contribution is -2.20. The van der Waals surface area contributed by atoms with Crippen molar-refractivity contribution in [3.63, 3.8) is 0 Å². The highest BCUT2D eigenvalue weighted by Crippen LogP contribution is 2.21. The summed E-state index contributed by atoms with van der Waals surface area (Å²) in [6.45, 7) is 3.99. The predicted molar refractivity (Wildman–Crippen MR) is 91.6 cm³/mol. The van der Waals surface area contributed by atoms with Gasteiger partial charge in [-0.2, -0.15) is 5.10 Å². The molecule has 2 heterocycles. The van der Waals surface area contributed by atoms with E-state index in [1.807, 2.05) is 30.3 Å². The molecule has 3 rings (SSSR count). The van der Waals surface area contributed by atoms with Crippen LogP contribution in [0, 0.1) is 0 Å². The summed E-state index contributed by atoms with van der Waals surface area (Å²) in [5.74, 6) is -0.615. The Morgan fingerprint density at radius 1 is 1.25 bits per heavy atom. The standard InChI is InChI=1S/C18H19N3O3/c1-3-8-15-13-11-14(18(23)24-4-2)17(22)19-16(13)21(20-15)12-9-6-5-7-10-12/h5-7,9-11H,3-4,8H2,1-2H3,(H,19,22). The van der Waals surface area contributed by atoms with Crippen LogP contribution in [0.1, 0.15) is 36.3 Å². The molecular weight excluding hydrogens is 306 g/mol. The molecule has 0 spiro atoms. The number of nitrogens with zero attached hydrogens (tertiary/aromatic N) is 2. The van der Waals surface area contributed by atoms with Gasteiger partial charge in [-0.1, -0.05) is 31.5 Å². The van der Waals surface area contributed by atoms with E-state index in [1.165, 1.54) is 0 Å². The third-order valence-corrected chi connectivity index (χ3v) is 3.75. The van der Waals surface area contributed by atoms with Crippen LogP contribution in [0.25, 0.3) is 16.7 Å². The molecule has 1 aromatic carbocycles. The molecule has 6 heteroatoms. The molecule has 0 aliphatic heterocycles. The zero-order valence-electron chi connectivity index (χ0n) is 13.7. The normalized spacial score (nSPS) is 10.9. The third-order valence-electron chi connectivity index (χ3n) is 3.75. The third kappa shape index (κ3) is 2.82. The number of ether oxygens (including phenoxy) is 1. The summed E-state index contributed by atoms with van der Waals surface area (Å²) in [7, 11) is 0. The minimum atomic E-state index is -0.615. The van der Waals surface area contributed by atoms with Gasteiger partial charge < -0.3 is 9.72 Å². The van der Waals surface area contributed by atoms with E-state index in [0.717, 1.165) is 29.6 Å². The number of aryl methyl sites for hydroxylation is 1. The fraction of sp³-hybridized carbons (Fsp3) is 0.278. The second-order valence-electron chi connectivity index (χ2n) is 5.44. The molecule has 24 heavy (non-hydrogen) atoms. The number of H-pyrrole nitrogens is 1. The van der Waals surface area contributed by atoms with Gasteiger partial charge >= 0.3 is 5.97 Å². The second kappa shape index (κ2) is 6.70. The molecular formula is C18H19N3O3. The van der Waals surface area contributed by atoms with Gasteiger partial charge in [0.1, 0.15) is 11.2 Å².